The van der Waals surface area contributed by atoms with Gasteiger partial charge >= 0.3 is 0 Å². The van der Waals surface area contributed by atoms with Crippen molar-refractivity contribution >= 4 is 28.8 Å². The van der Waals surface area contributed by atoms with Gasteiger partial charge in [-0.25, -0.2) is 4.98 Å². The number of aromatic nitrogens is 2. The number of hydrogen-bond acceptors (Lipinski definition) is 3. The molecule has 0 saturated carbocycles. The first kappa shape index (κ1) is 13.8. The highest BCUT2D eigenvalue weighted by Gasteiger charge is 2.08. The molecule has 0 aliphatic carbocycles. The molecular weight excluding hydrogens is 284 g/mol. The van der Waals surface area contributed by atoms with Crippen LogP contribution in [0.3, 0.4) is 0 Å². The average molecular weight is 299 g/mol. The van der Waals surface area contributed by atoms with Gasteiger partial charge in [0.15, 0.2) is 5.82 Å². The van der Waals surface area contributed by atoms with Crippen molar-refractivity contribution in [3.8, 4) is 0 Å². The highest BCUT2D eigenvalue weighted by atomic mass is 35.5. The van der Waals surface area contributed by atoms with Crippen LogP contribution in [0.1, 0.15) is 16.8 Å². The Morgan fingerprint density at radius 3 is 2.62 bits per heavy atom. The number of benzene rings is 1. The van der Waals surface area contributed by atoms with Crippen LogP contribution in [0.2, 0.25) is 5.02 Å². The minimum Gasteiger partial charge on any atom is -0.283 e. The molecule has 106 valence electrons. The van der Waals surface area contributed by atoms with Gasteiger partial charge in [0.2, 0.25) is 0 Å². The molecule has 0 radical (unpaired) electrons. The second-order valence-corrected chi connectivity index (χ2v) is 5.52. The van der Waals surface area contributed by atoms with E-state index in [0.717, 1.165) is 28.4 Å². The fraction of sp³-hybridized carbons (Fsp3) is 0.188. The molecule has 2 heterocycles. The van der Waals surface area contributed by atoms with Crippen LogP contribution >= 0.6 is 11.6 Å². The molecule has 3 aromatic rings. The van der Waals surface area contributed by atoms with Gasteiger partial charge < -0.3 is 0 Å². The lowest BCUT2D eigenvalue weighted by Crippen LogP contribution is -1.84. The van der Waals surface area contributed by atoms with Gasteiger partial charge in [-0.3, -0.25) is 4.40 Å². The number of pyridine rings is 1. The molecule has 0 aliphatic heterocycles. The summed E-state index contributed by atoms with van der Waals surface area (Å²) >= 11 is 5.95. The highest BCUT2D eigenvalue weighted by molar-refractivity contribution is 6.30. The molecular formula is C16H15ClN4. The first-order chi connectivity index (χ1) is 10.0. The van der Waals surface area contributed by atoms with E-state index in [4.69, 9.17) is 11.6 Å². The third kappa shape index (κ3) is 2.67. The summed E-state index contributed by atoms with van der Waals surface area (Å²) in [5.74, 6) is 0.749. The van der Waals surface area contributed by atoms with Crippen LogP contribution in [0.25, 0.3) is 5.65 Å². The molecule has 0 saturated heterocycles. The van der Waals surface area contributed by atoms with Crippen LogP contribution < -0.4 is 0 Å². The van der Waals surface area contributed by atoms with E-state index in [9.17, 15) is 0 Å². The predicted molar refractivity (Wildman–Crippen MR) is 85.0 cm³/mol. The Kier molecular flexibility index (Phi) is 3.47. The van der Waals surface area contributed by atoms with E-state index in [2.05, 4.69) is 15.2 Å². The number of azo groups is 1. The molecule has 0 unspecified atom stereocenters. The van der Waals surface area contributed by atoms with Crippen LogP contribution in [-0.2, 0) is 0 Å². The molecule has 0 atom stereocenters. The third-order valence-corrected chi connectivity index (χ3v) is 3.57. The Labute approximate surface area is 128 Å². The number of rotatable bonds is 2. The Morgan fingerprint density at radius 1 is 1.05 bits per heavy atom. The number of halogens is 1. The lowest BCUT2D eigenvalue weighted by atomic mass is 10.2. The van der Waals surface area contributed by atoms with E-state index in [-0.39, 0.29) is 0 Å². The van der Waals surface area contributed by atoms with Crippen LogP contribution in [-0.4, -0.2) is 9.38 Å². The van der Waals surface area contributed by atoms with E-state index in [1.165, 1.54) is 5.56 Å². The number of fused-ring (bicyclic) bond motifs is 1. The topological polar surface area (TPSA) is 42.0 Å². The van der Waals surface area contributed by atoms with Gasteiger partial charge in [-0.05, 0) is 62.2 Å². The standard InChI is InChI=1S/C16H15ClN4/c1-10-6-7-21-15(8-10)18-12(3)16(21)20-19-14-5-4-13(17)9-11(14)2/h4-9H,1-3H3. The van der Waals surface area contributed by atoms with Gasteiger partial charge in [0.25, 0.3) is 0 Å². The predicted octanol–water partition coefficient (Wildman–Crippen LogP) is 5.33. The average Bonchev–Trinajstić information content (AvgIpc) is 2.72. The number of nitrogens with zero attached hydrogens (tertiary/aromatic N) is 4. The third-order valence-electron chi connectivity index (χ3n) is 3.34. The van der Waals surface area contributed by atoms with Crippen molar-refractivity contribution in [1.29, 1.82) is 0 Å². The van der Waals surface area contributed by atoms with Gasteiger partial charge in [0.1, 0.15) is 5.65 Å². The molecule has 3 rings (SSSR count). The molecule has 5 heteroatoms. The van der Waals surface area contributed by atoms with Crippen molar-refractivity contribution in [2.24, 2.45) is 10.2 Å². The van der Waals surface area contributed by atoms with Crippen LogP contribution in [0.15, 0.2) is 46.8 Å². The van der Waals surface area contributed by atoms with Crippen LogP contribution in [0.4, 0.5) is 11.5 Å². The van der Waals surface area contributed by atoms with Crippen molar-refractivity contribution < 1.29 is 0 Å². The summed E-state index contributed by atoms with van der Waals surface area (Å²) in [5, 5.41) is 9.40. The number of hydrogen-bond donors (Lipinski definition) is 0. The zero-order valence-corrected chi connectivity index (χ0v) is 12.9. The molecule has 0 fully saturated rings. The summed E-state index contributed by atoms with van der Waals surface area (Å²) in [5.41, 5.74) is 4.71. The van der Waals surface area contributed by atoms with E-state index in [0.29, 0.717) is 5.02 Å². The first-order valence-corrected chi connectivity index (χ1v) is 7.05. The molecule has 21 heavy (non-hydrogen) atoms. The molecule has 1 aromatic carbocycles. The molecule has 4 nitrogen and oxygen atoms in total. The van der Waals surface area contributed by atoms with Gasteiger partial charge in [0.05, 0.1) is 11.4 Å². The normalized spacial score (nSPS) is 11.6. The van der Waals surface area contributed by atoms with E-state index in [1.54, 1.807) is 0 Å². The molecule has 0 amide bonds. The molecule has 0 spiro atoms. The maximum Gasteiger partial charge on any atom is 0.182 e. The smallest absolute Gasteiger partial charge is 0.182 e. The van der Waals surface area contributed by atoms with E-state index >= 15 is 0 Å². The summed E-state index contributed by atoms with van der Waals surface area (Å²) in [6.45, 7) is 5.94. The van der Waals surface area contributed by atoms with Crippen molar-refractivity contribution in [1.82, 2.24) is 9.38 Å². The van der Waals surface area contributed by atoms with Crippen LogP contribution in [0.5, 0.6) is 0 Å². The van der Waals surface area contributed by atoms with Crippen molar-refractivity contribution in [2.45, 2.75) is 20.8 Å². The molecule has 2 aromatic heterocycles. The van der Waals surface area contributed by atoms with Crippen molar-refractivity contribution in [3.05, 3.63) is 58.4 Å². The fourth-order valence-electron chi connectivity index (χ4n) is 2.20. The second kappa shape index (κ2) is 5.30. The molecule has 0 aliphatic rings. The maximum absolute atomic E-state index is 5.95. The summed E-state index contributed by atoms with van der Waals surface area (Å²) in [7, 11) is 0. The zero-order chi connectivity index (χ0) is 15.0. The Bertz CT molecular complexity index is 849. The van der Waals surface area contributed by atoms with Crippen LogP contribution in [0, 0.1) is 20.8 Å². The lowest BCUT2D eigenvalue weighted by Gasteiger charge is -2.00. The Morgan fingerprint density at radius 2 is 1.86 bits per heavy atom. The molecule has 0 N–H and O–H groups in total. The Hall–Kier alpha value is -2.20. The highest BCUT2D eigenvalue weighted by Crippen LogP contribution is 2.27. The Balaban J connectivity index is 2.05. The zero-order valence-electron chi connectivity index (χ0n) is 12.1. The first-order valence-electron chi connectivity index (χ1n) is 6.68. The monoisotopic (exact) mass is 298 g/mol. The number of imidazole rings is 1. The van der Waals surface area contributed by atoms with Gasteiger partial charge in [-0.1, -0.05) is 11.6 Å². The minimum atomic E-state index is 0.702. The van der Waals surface area contributed by atoms with Gasteiger partial charge in [-0.15, -0.1) is 10.2 Å². The van der Waals surface area contributed by atoms with Crippen molar-refractivity contribution in [3.63, 3.8) is 0 Å². The fourth-order valence-corrected chi connectivity index (χ4v) is 2.43. The van der Waals surface area contributed by atoms with Crippen molar-refractivity contribution in [2.75, 3.05) is 0 Å². The van der Waals surface area contributed by atoms with E-state index < -0.39 is 0 Å². The minimum absolute atomic E-state index is 0.702. The second-order valence-electron chi connectivity index (χ2n) is 5.08. The number of aryl methyl sites for hydroxylation is 3. The summed E-state index contributed by atoms with van der Waals surface area (Å²) in [6.07, 6.45) is 1.97. The van der Waals surface area contributed by atoms with Gasteiger partial charge in [0, 0.05) is 11.2 Å². The summed E-state index contributed by atoms with van der Waals surface area (Å²) < 4.78 is 1.94. The summed E-state index contributed by atoms with van der Waals surface area (Å²) in [6, 6.07) is 9.61. The molecule has 0 bridgehead atoms. The quantitative estimate of drug-likeness (QED) is 0.590. The van der Waals surface area contributed by atoms with E-state index in [1.807, 2.05) is 61.7 Å². The lowest BCUT2D eigenvalue weighted by molar-refractivity contribution is 1.09. The SMILES string of the molecule is Cc1ccn2c(N=Nc3ccc(Cl)cc3C)c(C)nc2c1. The maximum atomic E-state index is 5.95. The van der Waals surface area contributed by atoms with Gasteiger partial charge in [-0.2, -0.15) is 0 Å². The summed E-state index contributed by atoms with van der Waals surface area (Å²) in [4.78, 5) is 4.51. The largest absolute Gasteiger partial charge is 0.283 e.